The number of nitrogens with zero attached hydrogens (tertiary/aromatic N) is 1. The van der Waals surface area contributed by atoms with Crippen LogP contribution in [0.1, 0.15) is 66.7 Å². The number of hydrogen-bond acceptors (Lipinski definition) is 4. The minimum Gasteiger partial charge on any atom is -0.355 e. The number of nitrogens with one attached hydrogen (secondary N) is 3. The first-order chi connectivity index (χ1) is 12.7. The van der Waals surface area contributed by atoms with E-state index in [4.69, 9.17) is 0 Å². The fourth-order valence-corrected chi connectivity index (χ4v) is 2.57. The number of rotatable bonds is 14. The zero-order valence-electron chi connectivity index (χ0n) is 18.0. The van der Waals surface area contributed by atoms with Gasteiger partial charge in [0, 0.05) is 58.5 Å². The lowest BCUT2D eigenvalue weighted by Gasteiger charge is -2.23. The van der Waals surface area contributed by atoms with Crippen molar-refractivity contribution in [3.63, 3.8) is 0 Å². The van der Waals surface area contributed by atoms with Gasteiger partial charge in [-0.2, -0.15) is 0 Å². The first-order valence-electron chi connectivity index (χ1n) is 10.2. The molecule has 0 fully saturated rings. The molecule has 0 saturated heterocycles. The molecule has 7 nitrogen and oxygen atoms in total. The Bertz CT molecular complexity index is 423. The van der Waals surface area contributed by atoms with E-state index in [1.165, 1.54) is 0 Å². The number of carbonyl (C=O) groups is 3. The molecule has 0 aromatic carbocycles. The highest BCUT2D eigenvalue weighted by Gasteiger charge is 2.15. The molecule has 158 valence electrons. The van der Waals surface area contributed by atoms with Crippen LogP contribution in [0, 0.1) is 5.41 Å². The Kier molecular flexibility index (Phi) is 13.6. The minimum absolute atomic E-state index is 0.0309. The van der Waals surface area contributed by atoms with Gasteiger partial charge in [-0.15, -0.1) is 0 Å². The third-order valence-corrected chi connectivity index (χ3v) is 3.90. The minimum atomic E-state index is -0.0309. The molecule has 27 heavy (non-hydrogen) atoms. The van der Waals surface area contributed by atoms with Crippen LogP contribution in [0.15, 0.2) is 0 Å². The van der Waals surface area contributed by atoms with Crippen molar-refractivity contribution in [3.8, 4) is 0 Å². The Morgan fingerprint density at radius 1 is 0.704 bits per heavy atom. The maximum absolute atomic E-state index is 11.9. The summed E-state index contributed by atoms with van der Waals surface area (Å²) in [6, 6.07) is 0. The van der Waals surface area contributed by atoms with Gasteiger partial charge < -0.3 is 16.0 Å². The van der Waals surface area contributed by atoms with Crippen LogP contribution in [-0.2, 0) is 14.4 Å². The van der Waals surface area contributed by atoms with Crippen molar-refractivity contribution in [3.05, 3.63) is 0 Å². The summed E-state index contributed by atoms with van der Waals surface area (Å²) in [6.07, 6.45) is 3.23. The summed E-state index contributed by atoms with van der Waals surface area (Å²) in [5, 5.41) is 8.77. The largest absolute Gasteiger partial charge is 0.355 e. The fraction of sp³-hybridized carbons (Fsp3) is 0.850. The van der Waals surface area contributed by atoms with Gasteiger partial charge in [0.05, 0.1) is 0 Å². The Balaban J connectivity index is 4.30. The highest BCUT2D eigenvalue weighted by atomic mass is 16.2. The average molecular weight is 385 g/mol. The quantitative estimate of drug-likeness (QED) is 0.425. The number of amides is 3. The summed E-state index contributed by atoms with van der Waals surface area (Å²) in [6.45, 7) is 13.8. The maximum Gasteiger partial charge on any atom is 0.220 e. The topological polar surface area (TPSA) is 90.5 Å². The van der Waals surface area contributed by atoms with Gasteiger partial charge in [0.2, 0.25) is 17.7 Å². The van der Waals surface area contributed by atoms with Gasteiger partial charge in [-0.3, -0.25) is 19.3 Å². The molecule has 0 aliphatic heterocycles. The van der Waals surface area contributed by atoms with Gasteiger partial charge in [-0.1, -0.05) is 34.6 Å². The van der Waals surface area contributed by atoms with E-state index in [0.29, 0.717) is 58.5 Å². The molecule has 7 heteroatoms. The van der Waals surface area contributed by atoms with Crippen LogP contribution in [0.2, 0.25) is 0 Å². The van der Waals surface area contributed by atoms with Crippen molar-refractivity contribution in [2.45, 2.75) is 66.7 Å². The van der Waals surface area contributed by atoms with Crippen LogP contribution in [0.5, 0.6) is 0 Å². The summed E-state index contributed by atoms with van der Waals surface area (Å²) >= 11 is 0. The van der Waals surface area contributed by atoms with E-state index in [9.17, 15) is 14.4 Å². The SMILES string of the molecule is CCCC(=O)NCCN(CCNC(=O)CCC)CCNC(=O)CC(C)(C)C. The molecule has 0 spiro atoms. The van der Waals surface area contributed by atoms with Crippen LogP contribution in [0.25, 0.3) is 0 Å². The Labute approximate surface area is 165 Å². The molecule has 0 aliphatic rings. The van der Waals surface area contributed by atoms with E-state index in [2.05, 4.69) is 20.9 Å². The van der Waals surface area contributed by atoms with E-state index in [1.807, 2.05) is 34.6 Å². The lowest BCUT2D eigenvalue weighted by Crippen LogP contribution is -2.43. The predicted octanol–water partition coefficient (Wildman–Crippen LogP) is 1.67. The van der Waals surface area contributed by atoms with E-state index in [-0.39, 0.29) is 23.1 Å². The lowest BCUT2D eigenvalue weighted by atomic mass is 9.92. The average Bonchev–Trinajstić information content (AvgIpc) is 2.53. The molecular weight excluding hydrogens is 344 g/mol. The molecule has 0 atom stereocenters. The van der Waals surface area contributed by atoms with Crippen molar-refractivity contribution in [2.75, 3.05) is 39.3 Å². The van der Waals surface area contributed by atoms with Crippen LogP contribution < -0.4 is 16.0 Å². The summed E-state index contributed by atoms with van der Waals surface area (Å²) in [5.74, 6) is 0.175. The molecule has 0 rings (SSSR count). The Morgan fingerprint density at radius 3 is 1.41 bits per heavy atom. The second-order valence-corrected chi connectivity index (χ2v) is 8.13. The highest BCUT2D eigenvalue weighted by molar-refractivity contribution is 5.76. The van der Waals surface area contributed by atoms with Crippen LogP contribution in [0.4, 0.5) is 0 Å². The van der Waals surface area contributed by atoms with E-state index >= 15 is 0 Å². The van der Waals surface area contributed by atoms with Crippen molar-refractivity contribution in [1.29, 1.82) is 0 Å². The lowest BCUT2D eigenvalue weighted by molar-refractivity contribution is -0.123. The van der Waals surface area contributed by atoms with Crippen LogP contribution in [0.3, 0.4) is 0 Å². The molecule has 0 aromatic heterocycles. The van der Waals surface area contributed by atoms with Crippen molar-refractivity contribution in [1.82, 2.24) is 20.9 Å². The molecule has 0 bridgehead atoms. The highest BCUT2D eigenvalue weighted by Crippen LogP contribution is 2.17. The van der Waals surface area contributed by atoms with E-state index in [1.54, 1.807) is 0 Å². The molecule has 3 N–H and O–H groups in total. The Morgan fingerprint density at radius 2 is 1.07 bits per heavy atom. The standard InChI is InChI=1S/C20H40N4O3/c1-6-8-17(25)21-10-13-24(14-11-22-18(26)9-7-2)15-12-23-19(27)16-20(3,4)5/h6-16H2,1-5H3,(H,21,25)(H,22,26)(H,23,27). The monoisotopic (exact) mass is 384 g/mol. The summed E-state index contributed by atoms with van der Waals surface area (Å²) in [7, 11) is 0. The predicted molar refractivity (Wildman–Crippen MR) is 109 cm³/mol. The molecule has 0 saturated carbocycles. The molecule has 0 aromatic rings. The van der Waals surface area contributed by atoms with Crippen molar-refractivity contribution >= 4 is 17.7 Å². The van der Waals surface area contributed by atoms with Crippen LogP contribution in [-0.4, -0.2) is 61.9 Å². The molecule has 0 heterocycles. The first-order valence-corrected chi connectivity index (χ1v) is 10.2. The Hall–Kier alpha value is -1.63. The third-order valence-electron chi connectivity index (χ3n) is 3.90. The summed E-state index contributed by atoms with van der Waals surface area (Å²) < 4.78 is 0. The zero-order valence-corrected chi connectivity index (χ0v) is 18.0. The smallest absolute Gasteiger partial charge is 0.220 e. The van der Waals surface area contributed by atoms with Gasteiger partial charge in [-0.25, -0.2) is 0 Å². The first kappa shape index (κ1) is 25.4. The molecule has 0 unspecified atom stereocenters. The zero-order chi connectivity index (χ0) is 20.7. The summed E-state index contributed by atoms with van der Waals surface area (Å²) in [5.41, 5.74) is -0.0309. The van der Waals surface area contributed by atoms with E-state index < -0.39 is 0 Å². The third kappa shape index (κ3) is 16.3. The van der Waals surface area contributed by atoms with Gasteiger partial charge in [0.25, 0.3) is 0 Å². The van der Waals surface area contributed by atoms with Gasteiger partial charge in [0.1, 0.15) is 0 Å². The van der Waals surface area contributed by atoms with Crippen LogP contribution >= 0.6 is 0 Å². The number of carbonyl (C=O) groups excluding carboxylic acids is 3. The van der Waals surface area contributed by atoms with Gasteiger partial charge in [0.15, 0.2) is 0 Å². The summed E-state index contributed by atoms with van der Waals surface area (Å²) in [4.78, 5) is 37.3. The number of hydrogen-bond donors (Lipinski definition) is 3. The molecule has 0 radical (unpaired) electrons. The second-order valence-electron chi connectivity index (χ2n) is 8.13. The molecule has 3 amide bonds. The van der Waals surface area contributed by atoms with Gasteiger partial charge >= 0.3 is 0 Å². The van der Waals surface area contributed by atoms with Gasteiger partial charge in [-0.05, 0) is 18.3 Å². The van der Waals surface area contributed by atoms with Crippen molar-refractivity contribution < 1.29 is 14.4 Å². The normalized spacial score (nSPS) is 11.3. The molecule has 0 aliphatic carbocycles. The van der Waals surface area contributed by atoms with Crippen molar-refractivity contribution in [2.24, 2.45) is 5.41 Å². The molecular formula is C20H40N4O3. The second kappa shape index (κ2) is 14.4. The van der Waals surface area contributed by atoms with E-state index in [0.717, 1.165) is 12.8 Å². The fourth-order valence-electron chi connectivity index (χ4n) is 2.57. The maximum atomic E-state index is 11.9.